The van der Waals surface area contributed by atoms with Gasteiger partial charge in [-0.2, -0.15) is 0 Å². The second-order valence-electron chi connectivity index (χ2n) is 9.84. The summed E-state index contributed by atoms with van der Waals surface area (Å²) in [5, 5.41) is 0. The number of hydrogen-bond acceptors (Lipinski definition) is 5. The van der Waals surface area contributed by atoms with E-state index in [1.54, 1.807) is 48.5 Å². The van der Waals surface area contributed by atoms with Crippen LogP contribution in [0.4, 0.5) is 0 Å². The summed E-state index contributed by atoms with van der Waals surface area (Å²) >= 11 is 0. The molecule has 6 unspecified atom stereocenters. The number of carbonyl (C=O) groups is 2. The Morgan fingerprint density at radius 2 is 1.24 bits per heavy atom. The third-order valence-electron chi connectivity index (χ3n) is 7.92. The van der Waals surface area contributed by atoms with Crippen LogP contribution >= 0.6 is 0 Å². The molecule has 2 fully saturated rings. The highest BCUT2D eigenvalue weighted by Gasteiger charge is 2.76. The quantitative estimate of drug-likeness (QED) is 0.522. The fourth-order valence-electron chi connectivity index (χ4n) is 6.43. The van der Waals surface area contributed by atoms with E-state index in [9.17, 15) is 9.59 Å². The van der Waals surface area contributed by atoms with Gasteiger partial charge in [0.2, 0.25) is 0 Å². The smallest absolute Gasteiger partial charge is 0.338 e. The predicted octanol–water partition coefficient (Wildman–Crippen LogP) is 4.95. The van der Waals surface area contributed by atoms with Gasteiger partial charge in [-0.05, 0) is 55.7 Å². The number of ether oxygens (including phenoxy) is 3. The van der Waals surface area contributed by atoms with Gasteiger partial charge < -0.3 is 14.2 Å². The van der Waals surface area contributed by atoms with E-state index in [1.165, 1.54) is 11.1 Å². The van der Waals surface area contributed by atoms with Crippen LogP contribution in [0, 0.1) is 5.92 Å². The van der Waals surface area contributed by atoms with E-state index in [0.717, 1.165) is 6.42 Å². The molecule has 5 nitrogen and oxygen atoms in total. The lowest BCUT2D eigenvalue weighted by Crippen LogP contribution is -2.57. The van der Waals surface area contributed by atoms with Crippen LogP contribution in [-0.2, 0) is 20.6 Å². The van der Waals surface area contributed by atoms with Crippen molar-refractivity contribution in [1.29, 1.82) is 0 Å². The number of benzene rings is 3. The third-order valence-corrected chi connectivity index (χ3v) is 7.92. The molecule has 0 N–H and O–H groups in total. The first-order valence-corrected chi connectivity index (χ1v) is 11.7. The van der Waals surface area contributed by atoms with Crippen molar-refractivity contribution < 1.29 is 23.8 Å². The van der Waals surface area contributed by atoms with E-state index in [-0.39, 0.29) is 11.8 Å². The fraction of sp³-hybridized carbons (Fsp3) is 0.310. The van der Waals surface area contributed by atoms with Gasteiger partial charge in [-0.15, -0.1) is 0 Å². The molecule has 2 aliphatic heterocycles. The van der Waals surface area contributed by atoms with Crippen molar-refractivity contribution in [1.82, 2.24) is 0 Å². The maximum absolute atomic E-state index is 13.1. The number of hydrogen-bond donors (Lipinski definition) is 0. The predicted molar refractivity (Wildman–Crippen MR) is 126 cm³/mol. The second-order valence-corrected chi connectivity index (χ2v) is 9.84. The number of fused-ring (bicyclic) bond motifs is 7. The molecule has 0 spiro atoms. The summed E-state index contributed by atoms with van der Waals surface area (Å²) in [6, 6.07) is 26.2. The molecule has 0 aromatic heterocycles. The maximum Gasteiger partial charge on any atom is 0.338 e. The van der Waals surface area contributed by atoms with E-state index < -0.39 is 35.3 Å². The normalized spacial score (nSPS) is 32.6. The van der Waals surface area contributed by atoms with Gasteiger partial charge >= 0.3 is 11.9 Å². The number of esters is 2. The summed E-state index contributed by atoms with van der Waals surface area (Å²) in [6.45, 7) is 4.00. The topological polar surface area (TPSA) is 61.8 Å². The lowest BCUT2D eigenvalue weighted by atomic mass is 9.65. The largest absolute Gasteiger partial charge is 0.452 e. The van der Waals surface area contributed by atoms with Crippen LogP contribution in [0.5, 0.6) is 0 Å². The standard InChI is InChI=1S/C29H26O5/c1-28-22-17-20-15-9-10-16-21(20)23(22)29(2,34-28)25(33-27(31)19-13-7-4-8-14-19)24(28)32-26(30)18-11-5-3-6-12-18/h3-16,22-25H,17H2,1-2H3. The van der Waals surface area contributed by atoms with Crippen molar-refractivity contribution in [3.05, 3.63) is 107 Å². The molecule has 6 rings (SSSR count). The fourth-order valence-corrected chi connectivity index (χ4v) is 6.43. The molecule has 0 amide bonds. The Kier molecular flexibility index (Phi) is 4.68. The third kappa shape index (κ3) is 2.96. The van der Waals surface area contributed by atoms with Gasteiger partial charge in [-0.1, -0.05) is 60.7 Å². The van der Waals surface area contributed by atoms with Gasteiger partial charge in [0.15, 0.2) is 12.2 Å². The SMILES string of the molecule is CC12OC(C)(C(OC(=O)c3ccccc3)C1OC(=O)c1ccccc1)C1c3ccccc3CC12. The van der Waals surface area contributed by atoms with Gasteiger partial charge in [-0.25, -0.2) is 9.59 Å². The van der Waals surface area contributed by atoms with Gasteiger partial charge in [0.1, 0.15) is 11.2 Å². The van der Waals surface area contributed by atoms with Crippen molar-refractivity contribution in [3.8, 4) is 0 Å². The number of rotatable bonds is 4. The van der Waals surface area contributed by atoms with E-state index in [2.05, 4.69) is 12.1 Å². The summed E-state index contributed by atoms with van der Waals surface area (Å²) in [5.74, 6) is -0.723. The minimum Gasteiger partial charge on any atom is -0.452 e. The van der Waals surface area contributed by atoms with E-state index in [0.29, 0.717) is 11.1 Å². The Morgan fingerprint density at radius 3 is 1.82 bits per heavy atom. The molecular formula is C29H26O5. The Labute approximate surface area is 198 Å². The molecule has 3 aromatic rings. The number of carbonyl (C=O) groups excluding carboxylic acids is 2. The van der Waals surface area contributed by atoms with Crippen molar-refractivity contribution >= 4 is 11.9 Å². The zero-order valence-corrected chi connectivity index (χ0v) is 19.1. The average molecular weight is 455 g/mol. The van der Waals surface area contributed by atoms with E-state index >= 15 is 0 Å². The first-order chi connectivity index (χ1) is 16.4. The molecule has 5 heteroatoms. The van der Waals surface area contributed by atoms with Crippen LogP contribution in [-0.4, -0.2) is 35.3 Å². The Hall–Kier alpha value is -3.44. The average Bonchev–Trinajstić information content (AvgIpc) is 3.44. The van der Waals surface area contributed by atoms with Crippen LogP contribution in [0.2, 0.25) is 0 Å². The summed E-state index contributed by atoms with van der Waals surface area (Å²) in [7, 11) is 0. The summed E-state index contributed by atoms with van der Waals surface area (Å²) < 4.78 is 19.0. The van der Waals surface area contributed by atoms with Gasteiger partial charge in [0.25, 0.3) is 0 Å². The monoisotopic (exact) mass is 454 g/mol. The lowest BCUT2D eigenvalue weighted by Gasteiger charge is -2.42. The molecule has 2 heterocycles. The van der Waals surface area contributed by atoms with Crippen LogP contribution < -0.4 is 0 Å². The Bertz CT molecular complexity index is 1260. The molecule has 3 aromatic carbocycles. The van der Waals surface area contributed by atoms with Gasteiger partial charge in [-0.3, -0.25) is 0 Å². The molecule has 3 aliphatic rings. The van der Waals surface area contributed by atoms with E-state index in [1.807, 2.05) is 38.1 Å². The van der Waals surface area contributed by atoms with E-state index in [4.69, 9.17) is 14.2 Å². The van der Waals surface area contributed by atoms with Crippen LogP contribution in [0.15, 0.2) is 84.9 Å². The molecular weight excluding hydrogens is 428 g/mol. The van der Waals surface area contributed by atoms with Gasteiger partial charge in [0, 0.05) is 11.8 Å². The van der Waals surface area contributed by atoms with Crippen LogP contribution in [0.3, 0.4) is 0 Å². The molecule has 2 saturated heterocycles. The van der Waals surface area contributed by atoms with Crippen LogP contribution in [0.25, 0.3) is 0 Å². The Balaban J connectivity index is 1.40. The summed E-state index contributed by atoms with van der Waals surface area (Å²) in [5.41, 5.74) is 1.81. The molecule has 6 atom stereocenters. The maximum atomic E-state index is 13.1. The molecule has 172 valence electrons. The molecule has 0 radical (unpaired) electrons. The second kappa shape index (κ2) is 7.54. The highest BCUT2D eigenvalue weighted by Crippen LogP contribution is 2.66. The highest BCUT2D eigenvalue weighted by molar-refractivity contribution is 5.90. The molecule has 2 bridgehead atoms. The highest BCUT2D eigenvalue weighted by atomic mass is 16.7. The summed E-state index contributed by atoms with van der Waals surface area (Å²) in [6.07, 6.45) is -0.634. The summed E-state index contributed by atoms with van der Waals surface area (Å²) in [4.78, 5) is 26.3. The van der Waals surface area contributed by atoms with Gasteiger partial charge in [0.05, 0.1) is 11.1 Å². The van der Waals surface area contributed by atoms with Crippen molar-refractivity contribution in [2.45, 2.75) is 49.6 Å². The minimum atomic E-state index is -0.821. The first-order valence-electron chi connectivity index (χ1n) is 11.7. The first kappa shape index (κ1) is 21.1. The lowest BCUT2D eigenvalue weighted by molar-refractivity contribution is -0.0829. The van der Waals surface area contributed by atoms with Crippen molar-refractivity contribution in [2.24, 2.45) is 5.92 Å². The Morgan fingerprint density at radius 1 is 0.735 bits per heavy atom. The zero-order chi connectivity index (χ0) is 23.5. The zero-order valence-electron chi connectivity index (χ0n) is 19.1. The van der Waals surface area contributed by atoms with Crippen LogP contribution in [0.1, 0.15) is 51.6 Å². The van der Waals surface area contributed by atoms with Crippen molar-refractivity contribution in [3.63, 3.8) is 0 Å². The van der Waals surface area contributed by atoms with Crippen molar-refractivity contribution in [2.75, 3.05) is 0 Å². The minimum absolute atomic E-state index is 0.0500. The molecule has 1 aliphatic carbocycles. The molecule has 34 heavy (non-hydrogen) atoms. The molecule has 0 saturated carbocycles.